The molecule has 2 saturated heterocycles. The van der Waals surface area contributed by atoms with Gasteiger partial charge in [-0.3, -0.25) is 4.98 Å². The minimum Gasteiger partial charge on any atom is -0.384 e. The Morgan fingerprint density at radius 3 is 2.44 bits per heavy atom. The van der Waals surface area contributed by atoms with Crippen molar-refractivity contribution in [3.63, 3.8) is 0 Å². The fourth-order valence-corrected chi connectivity index (χ4v) is 6.13. The van der Waals surface area contributed by atoms with Crippen molar-refractivity contribution < 1.29 is 13.5 Å². The smallest absolute Gasteiger partial charge is 0.180 e. The number of aliphatic hydroxyl groups is 1. The summed E-state index contributed by atoms with van der Waals surface area (Å²) >= 11 is 0. The zero-order valence-electron chi connectivity index (χ0n) is 18.4. The number of anilines is 1. The van der Waals surface area contributed by atoms with Gasteiger partial charge in [-0.15, -0.1) is 0 Å². The maximum Gasteiger partial charge on any atom is 0.180 e. The van der Waals surface area contributed by atoms with Gasteiger partial charge >= 0.3 is 0 Å². The number of pyridine rings is 1. The second-order valence-electron chi connectivity index (χ2n) is 9.57. The summed E-state index contributed by atoms with van der Waals surface area (Å²) in [6.07, 6.45) is 8.35. The molecule has 4 N–H and O–H groups in total. The van der Waals surface area contributed by atoms with Gasteiger partial charge in [0.25, 0.3) is 0 Å². The van der Waals surface area contributed by atoms with Gasteiger partial charge in [-0.2, -0.15) is 9.61 Å². The number of nitrogens with one attached hydrogen (secondary N) is 1. The summed E-state index contributed by atoms with van der Waals surface area (Å²) in [6, 6.07) is 4.38. The molecule has 10 heteroatoms. The van der Waals surface area contributed by atoms with Crippen LogP contribution in [0.25, 0.3) is 16.8 Å². The maximum atomic E-state index is 12.7. The Kier molecular flexibility index (Phi) is 4.81. The topological polar surface area (TPSA) is 136 Å². The molecule has 5 heterocycles. The van der Waals surface area contributed by atoms with Crippen LogP contribution in [-0.2, 0) is 15.4 Å². The molecule has 2 aliphatic rings. The van der Waals surface area contributed by atoms with Crippen LogP contribution in [0.3, 0.4) is 0 Å². The molecule has 0 amide bonds. The molecule has 0 radical (unpaired) electrons. The van der Waals surface area contributed by atoms with Gasteiger partial charge in [-0.05, 0) is 45.6 Å². The maximum absolute atomic E-state index is 12.7. The zero-order chi connectivity index (χ0) is 22.8. The first kappa shape index (κ1) is 21.3. The fourth-order valence-electron chi connectivity index (χ4n) is 5.07. The number of piperidine rings is 1. The first-order chi connectivity index (χ1) is 15.0. The van der Waals surface area contributed by atoms with Crippen LogP contribution in [0, 0.1) is 0 Å². The summed E-state index contributed by atoms with van der Waals surface area (Å²) in [6.45, 7) is 3.36. The molecule has 2 bridgehead atoms. The van der Waals surface area contributed by atoms with E-state index in [4.69, 9.17) is 10.7 Å². The number of hydrogen-bond acceptors (Lipinski definition) is 8. The summed E-state index contributed by atoms with van der Waals surface area (Å²) in [5.74, 6) is 0.106. The number of rotatable bonds is 4. The Morgan fingerprint density at radius 1 is 1.19 bits per heavy atom. The summed E-state index contributed by atoms with van der Waals surface area (Å²) in [5, 5.41) is 18.1. The van der Waals surface area contributed by atoms with Crippen molar-refractivity contribution in [3.8, 4) is 11.1 Å². The highest BCUT2D eigenvalue weighted by Gasteiger charge is 2.38. The fraction of sp³-hybridized carbons (Fsp3) is 0.500. The third-order valence-corrected chi connectivity index (χ3v) is 7.76. The van der Waals surface area contributed by atoms with Crippen molar-refractivity contribution in [1.82, 2.24) is 24.9 Å². The van der Waals surface area contributed by atoms with Crippen LogP contribution in [0.15, 0.2) is 29.4 Å². The summed E-state index contributed by atoms with van der Waals surface area (Å²) in [4.78, 5) is 9.33. The lowest BCUT2D eigenvalue weighted by atomic mass is 9.89. The van der Waals surface area contributed by atoms with Gasteiger partial charge in [0.15, 0.2) is 15.5 Å². The molecule has 5 rings (SSSR count). The van der Waals surface area contributed by atoms with E-state index in [1.54, 1.807) is 32.3 Å². The van der Waals surface area contributed by atoms with E-state index in [-0.39, 0.29) is 16.6 Å². The first-order valence-electron chi connectivity index (χ1n) is 10.8. The number of hydrogen-bond donors (Lipinski definition) is 3. The molecule has 0 aromatic carbocycles. The molecule has 3 atom stereocenters. The number of sulfone groups is 1. The van der Waals surface area contributed by atoms with Crippen molar-refractivity contribution in [3.05, 3.63) is 35.9 Å². The number of nitrogens with two attached hydrogens (primary N) is 1. The summed E-state index contributed by atoms with van der Waals surface area (Å²) in [7, 11) is -3.61. The van der Waals surface area contributed by atoms with Gasteiger partial charge in [0, 0.05) is 41.6 Å². The third kappa shape index (κ3) is 3.56. The van der Waals surface area contributed by atoms with Gasteiger partial charge in [0.2, 0.25) is 0 Å². The van der Waals surface area contributed by atoms with E-state index in [1.807, 2.05) is 6.07 Å². The van der Waals surface area contributed by atoms with E-state index in [1.165, 1.54) is 10.8 Å². The van der Waals surface area contributed by atoms with Crippen molar-refractivity contribution in [2.75, 3.05) is 12.0 Å². The van der Waals surface area contributed by atoms with Crippen LogP contribution < -0.4 is 11.1 Å². The number of nitrogens with zero attached hydrogens (tertiary/aromatic N) is 4. The Labute approximate surface area is 187 Å². The Morgan fingerprint density at radius 2 is 1.88 bits per heavy atom. The standard InChI is InChI=1S/C22H28N6O3S/c1-22(2,29)17-7-4-12(10-24-17)16-11-25-28-20(23)19(32(3,30)31)18(27-21(16)28)13-8-14-5-6-15(9-13)26-14/h4,7,10-11,13-15,26,29H,5-6,8-9,23H2,1-3H3/t13?,14-,15+. The molecule has 3 aromatic heterocycles. The lowest BCUT2D eigenvalue weighted by Crippen LogP contribution is -2.38. The molecule has 2 fully saturated rings. The van der Waals surface area contributed by atoms with Crippen molar-refractivity contribution in [1.29, 1.82) is 0 Å². The van der Waals surface area contributed by atoms with Crippen LogP contribution >= 0.6 is 0 Å². The van der Waals surface area contributed by atoms with E-state index < -0.39 is 15.4 Å². The molecule has 32 heavy (non-hydrogen) atoms. The number of aromatic nitrogens is 4. The molecule has 0 aliphatic carbocycles. The summed E-state index contributed by atoms with van der Waals surface area (Å²) < 4.78 is 26.9. The average Bonchev–Trinajstić information content (AvgIpc) is 3.29. The van der Waals surface area contributed by atoms with E-state index in [0.29, 0.717) is 34.7 Å². The molecule has 2 aliphatic heterocycles. The van der Waals surface area contributed by atoms with Crippen LogP contribution in [0.2, 0.25) is 0 Å². The van der Waals surface area contributed by atoms with E-state index >= 15 is 0 Å². The lowest BCUT2D eigenvalue weighted by Gasteiger charge is -2.30. The normalized spacial score (nSPS) is 23.7. The lowest BCUT2D eigenvalue weighted by molar-refractivity contribution is 0.0739. The minimum absolute atomic E-state index is 0.0178. The van der Waals surface area contributed by atoms with Gasteiger partial charge < -0.3 is 16.2 Å². The van der Waals surface area contributed by atoms with Crippen LogP contribution in [0.4, 0.5) is 5.82 Å². The predicted octanol–water partition coefficient (Wildman–Crippen LogP) is 2.00. The SMILES string of the molecule is CC(C)(O)c1ccc(-c2cnn3c(N)c(S(C)(=O)=O)c(C4C[C@H]5CC[C@@H](C4)N5)nc23)cn1. The van der Waals surface area contributed by atoms with Gasteiger partial charge in [-0.1, -0.05) is 6.07 Å². The third-order valence-electron chi connectivity index (χ3n) is 6.60. The van der Waals surface area contributed by atoms with Crippen molar-refractivity contribution >= 4 is 21.3 Å². The summed E-state index contributed by atoms with van der Waals surface area (Å²) in [5.41, 5.74) is 8.42. The van der Waals surface area contributed by atoms with Crippen LogP contribution in [0.1, 0.15) is 56.8 Å². The molecule has 0 spiro atoms. The van der Waals surface area contributed by atoms with E-state index in [9.17, 15) is 13.5 Å². The predicted molar refractivity (Wildman–Crippen MR) is 121 cm³/mol. The highest BCUT2D eigenvalue weighted by atomic mass is 32.2. The average molecular weight is 457 g/mol. The second-order valence-corrected chi connectivity index (χ2v) is 11.5. The molecule has 0 saturated carbocycles. The van der Waals surface area contributed by atoms with Gasteiger partial charge in [0.05, 0.1) is 17.6 Å². The molecular weight excluding hydrogens is 428 g/mol. The van der Waals surface area contributed by atoms with E-state index in [0.717, 1.165) is 31.2 Å². The quantitative estimate of drug-likeness (QED) is 0.542. The van der Waals surface area contributed by atoms with Crippen LogP contribution in [-0.4, -0.2) is 51.4 Å². The Balaban J connectivity index is 1.67. The molecule has 3 aromatic rings. The monoisotopic (exact) mass is 456 g/mol. The van der Waals surface area contributed by atoms with Gasteiger partial charge in [-0.25, -0.2) is 13.4 Å². The second kappa shape index (κ2) is 7.23. The largest absolute Gasteiger partial charge is 0.384 e. The van der Waals surface area contributed by atoms with E-state index in [2.05, 4.69) is 15.4 Å². The van der Waals surface area contributed by atoms with Gasteiger partial charge in [0.1, 0.15) is 16.3 Å². The zero-order valence-corrected chi connectivity index (χ0v) is 19.2. The first-order valence-corrected chi connectivity index (χ1v) is 12.7. The molecule has 170 valence electrons. The molecular formula is C22H28N6O3S. The van der Waals surface area contributed by atoms with Crippen molar-refractivity contribution in [2.45, 2.75) is 68.0 Å². The minimum atomic E-state index is -3.61. The van der Waals surface area contributed by atoms with Crippen LogP contribution in [0.5, 0.6) is 0 Å². The Hall–Kier alpha value is -2.56. The Bertz CT molecular complexity index is 1280. The highest BCUT2D eigenvalue weighted by Crippen LogP contribution is 2.41. The number of fused-ring (bicyclic) bond motifs is 3. The molecule has 1 unspecified atom stereocenters. The molecule has 9 nitrogen and oxygen atoms in total. The van der Waals surface area contributed by atoms with Crippen molar-refractivity contribution in [2.24, 2.45) is 0 Å². The number of nitrogen functional groups attached to an aromatic ring is 1. The highest BCUT2D eigenvalue weighted by molar-refractivity contribution is 7.91.